The van der Waals surface area contributed by atoms with Gasteiger partial charge in [0.15, 0.2) is 5.78 Å². The zero-order chi connectivity index (χ0) is 59.1. The molecule has 0 spiro atoms. The molecule has 6 N–H and O–H groups in total. The number of aliphatic hydroxyl groups excluding tert-OH is 2. The average molecular weight is 1130 g/mol. The summed E-state index contributed by atoms with van der Waals surface area (Å²) in [4.78, 5) is 98.7. The third-order valence-corrected chi connectivity index (χ3v) is 17.1. The van der Waals surface area contributed by atoms with Gasteiger partial charge in [0.05, 0.1) is 18.3 Å². The van der Waals surface area contributed by atoms with Crippen molar-refractivity contribution in [3.05, 3.63) is 65.6 Å². The van der Waals surface area contributed by atoms with Crippen molar-refractivity contribution >= 4 is 41.3 Å². The highest BCUT2D eigenvalue weighted by atomic mass is 16.6. The summed E-state index contributed by atoms with van der Waals surface area (Å²) in [5.41, 5.74) is 8.73. The predicted molar refractivity (Wildman–Crippen MR) is 302 cm³/mol. The number of amides is 2. The van der Waals surface area contributed by atoms with Crippen molar-refractivity contribution in [2.75, 3.05) is 58.9 Å². The summed E-state index contributed by atoms with van der Waals surface area (Å²) < 4.78 is 29.9. The Bertz CT molecular complexity index is 2430. The lowest BCUT2D eigenvalue weighted by Crippen LogP contribution is -2.61. The van der Waals surface area contributed by atoms with E-state index in [0.29, 0.717) is 62.9 Å². The number of carbonyl (C=O) groups excluding carboxylic acids is 6. The smallest absolute Gasteiger partial charge is 0.407 e. The van der Waals surface area contributed by atoms with Crippen molar-refractivity contribution in [2.24, 2.45) is 35.3 Å². The molecule has 450 valence electrons. The molecule has 21 nitrogen and oxygen atoms in total. The van der Waals surface area contributed by atoms with E-state index in [9.17, 15) is 44.1 Å². The van der Waals surface area contributed by atoms with Gasteiger partial charge in [0, 0.05) is 108 Å². The molecule has 6 rings (SSSR count). The zero-order valence-corrected chi connectivity index (χ0v) is 49.1. The number of Topliss-reactive ketones (excluding diaryl/α,β-unsaturated/α-hetero) is 3. The van der Waals surface area contributed by atoms with E-state index in [1.54, 1.807) is 40.3 Å². The lowest BCUT2D eigenvalue weighted by molar-refractivity contribution is -0.265. The van der Waals surface area contributed by atoms with Gasteiger partial charge in [-0.2, -0.15) is 0 Å². The van der Waals surface area contributed by atoms with Gasteiger partial charge >= 0.3 is 12.1 Å². The predicted octanol–water partition coefficient (Wildman–Crippen LogP) is 4.69. The van der Waals surface area contributed by atoms with Crippen molar-refractivity contribution < 1.29 is 67.8 Å². The number of fused-ring (bicyclic) bond motifs is 3. The van der Waals surface area contributed by atoms with Crippen LogP contribution >= 0.6 is 0 Å². The number of cyclic esters (lactones) is 1. The fraction of sp³-hybridized carbons (Fsp3) is 0.700. The molecule has 3 saturated heterocycles. The molecule has 4 fully saturated rings. The van der Waals surface area contributed by atoms with Crippen molar-refractivity contribution in [1.29, 1.82) is 0 Å². The molecule has 2 bridgehead atoms. The number of alkyl carbamates (subject to hydrolysis) is 1. The lowest BCUT2D eigenvalue weighted by atomic mass is 9.80. The number of esters is 1. The summed E-state index contributed by atoms with van der Waals surface area (Å²) in [6.07, 6.45) is 10.6. The Hall–Kier alpha value is -5.26. The van der Waals surface area contributed by atoms with Crippen molar-refractivity contribution in [3.63, 3.8) is 0 Å². The first-order chi connectivity index (χ1) is 38.5. The molecule has 2 amide bonds. The van der Waals surface area contributed by atoms with Crippen LogP contribution in [0.1, 0.15) is 124 Å². The van der Waals surface area contributed by atoms with Gasteiger partial charge < -0.3 is 64.8 Å². The molecule has 4 aliphatic heterocycles. The maximum atomic E-state index is 14.6. The van der Waals surface area contributed by atoms with Gasteiger partial charge in [-0.15, -0.1) is 0 Å². The molecule has 1 unspecified atom stereocenters. The number of rotatable bonds is 9. The Kier molecular flexibility index (Phi) is 24.3. The fourth-order valence-corrected chi connectivity index (χ4v) is 11.8. The Labute approximate surface area is 478 Å². The van der Waals surface area contributed by atoms with Crippen LogP contribution in [0.4, 0.5) is 10.7 Å². The summed E-state index contributed by atoms with van der Waals surface area (Å²) in [5, 5.41) is 37.2. The number of nitrogens with zero attached hydrogens (tertiary/aromatic N) is 5. The third kappa shape index (κ3) is 17.6. The second-order valence-corrected chi connectivity index (χ2v) is 23.5. The summed E-state index contributed by atoms with van der Waals surface area (Å²) in [6, 6.07) is -2.20. The molecule has 5 aliphatic rings. The minimum atomic E-state index is -2.49. The van der Waals surface area contributed by atoms with Crippen molar-refractivity contribution in [3.8, 4) is 0 Å². The minimum Gasteiger partial charge on any atom is -0.459 e. The Balaban J connectivity index is 1.19. The molecule has 0 aromatic carbocycles. The van der Waals surface area contributed by atoms with Gasteiger partial charge in [-0.05, 0) is 108 Å². The van der Waals surface area contributed by atoms with E-state index in [2.05, 4.69) is 32.1 Å². The number of ketones is 3. The molecular weight excluding hydrogens is 1040 g/mol. The van der Waals surface area contributed by atoms with Gasteiger partial charge in [-0.25, -0.2) is 19.6 Å². The number of likely N-dealkylation sites (N-methyl/N-ethyl adjacent to an activating group) is 1. The van der Waals surface area contributed by atoms with Crippen LogP contribution in [-0.2, 0) is 54.2 Å². The van der Waals surface area contributed by atoms with Gasteiger partial charge in [-0.1, -0.05) is 64.2 Å². The van der Waals surface area contributed by atoms with Crippen LogP contribution in [0.15, 0.2) is 60.0 Å². The maximum Gasteiger partial charge on any atom is 0.407 e. The third-order valence-electron chi connectivity index (χ3n) is 17.1. The number of piperazine rings is 1. The molecule has 1 saturated carbocycles. The molecule has 81 heavy (non-hydrogen) atoms. The number of ether oxygens (including phenoxy) is 5. The quantitative estimate of drug-likeness (QED) is 0.127. The molecule has 1 aromatic heterocycles. The first-order valence-electron chi connectivity index (χ1n) is 29.1. The Morgan fingerprint density at radius 2 is 1.57 bits per heavy atom. The number of carbonyl (C=O) groups is 6. The molecule has 1 aromatic rings. The molecule has 5 heterocycles. The average Bonchev–Trinajstić information content (AvgIpc) is 3.53. The van der Waals surface area contributed by atoms with Gasteiger partial charge in [0.25, 0.3) is 11.7 Å². The number of anilines is 1. The molecule has 0 radical (unpaired) electrons. The number of hydrogen-bond donors (Lipinski definition) is 5. The number of nitrogens with one attached hydrogen (secondary N) is 1. The largest absolute Gasteiger partial charge is 0.459 e. The Morgan fingerprint density at radius 1 is 0.852 bits per heavy atom. The van der Waals surface area contributed by atoms with E-state index >= 15 is 0 Å². The summed E-state index contributed by atoms with van der Waals surface area (Å²) in [7, 11) is 5.16. The number of nitrogens with two attached hydrogens (primary N) is 1. The molecule has 1 aliphatic carbocycles. The van der Waals surface area contributed by atoms with Crippen LogP contribution in [0.3, 0.4) is 0 Å². The highest BCUT2D eigenvalue weighted by molar-refractivity contribution is 6.39. The number of aromatic nitrogens is 2. The van der Waals surface area contributed by atoms with E-state index in [1.807, 2.05) is 44.2 Å². The van der Waals surface area contributed by atoms with E-state index in [0.717, 1.165) is 36.7 Å². The van der Waals surface area contributed by atoms with Crippen LogP contribution in [0.2, 0.25) is 0 Å². The number of hydrogen-bond acceptors (Lipinski definition) is 19. The molecular formula is C60H91N7O14. The summed E-state index contributed by atoms with van der Waals surface area (Å²) >= 11 is 0. The topological polar surface area (TPSA) is 283 Å². The van der Waals surface area contributed by atoms with Gasteiger partial charge in [0.1, 0.15) is 36.2 Å². The van der Waals surface area contributed by atoms with Crippen LogP contribution in [-0.4, -0.2) is 185 Å². The van der Waals surface area contributed by atoms with Crippen LogP contribution in [0.25, 0.3) is 0 Å². The SMILES string of the molecule is CO[C@H]1C[C@@H]2CC[C@@H](C)[C@@](O)(O2)C(=O)C(=O)N2CCCC[C@H]2C(=O)O[C@H]([C@H](N)C[C@@H]2CC[C@@H](OC(=O)NCc3cnc(N4CCN(C)CC4)nc3)[C@H](OC)C2)CC(=O)[C@H](C)/C=C(\C)[C@@H](O)[C@@H](O)C(=O)C(C)C[C@H](C)/C=C/C=CC=C1C. The highest BCUT2D eigenvalue weighted by Crippen LogP contribution is 2.37. The highest BCUT2D eigenvalue weighted by Gasteiger charge is 2.53. The standard InChI is InChI=1S/C60H91N7O14/c1-36-15-11-10-12-16-37(2)49(77-8)31-44-20-18-41(6)60(76,81-44)55(72)56(73)67-22-14-13-17-46(67)57(74)79-50(32-47(68)38(3)28-40(5)53(70)54(71)52(69)39(4)27-36)45(61)29-42-19-21-48(51(30-42)78-9)80-59(75)64-35-43-33-62-58(63-34-43)66-25-23-65(7)24-26-66/h10-12,15-16,28,33-34,36,38-39,41-42,44-46,48-51,53-54,70-71,76H,13-14,17-27,29-32,35,61H2,1-9H3,(H,64,75)/b12-10?,15-11+,37-16?,40-28+/t36-,38-,39?,41-,42+,44+,45-,46+,48-,49+,50+,51-,53-,54+,60-/m1/s1. The number of piperidine rings is 1. The first-order valence-corrected chi connectivity index (χ1v) is 29.1. The van der Waals surface area contributed by atoms with Crippen LogP contribution < -0.4 is 16.0 Å². The minimum absolute atomic E-state index is 0.0161. The van der Waals surface area contributed by atoms with E-state index in [1.165, 1.54) is 20.1 Å². The summed E-state index contributed by atoms with van der Waals surface area (Å²) in [6.45, 7) is 13.9. The lowest BCUT2D eigenvalue weighted by Gasteiger charge is -2.42. The van der Waals surface area contributed by atoms with Crippen molar-refractivity contribution in [2.45, 2.75) is 186 Å². The number of methoxy groups -OCH3 is 2. The van der Waals surface area contributed by atoms with Crippen LogP contribution in [0, 0.1) is 29.6 Å². The van der Waals surface area contributed by atoms with E-state index < -0.39 is 114 Å². The second-order valence-electron chi connectivity index (χ2n) is 23.5. The van der Waals surface area contributed by atoms with Gasteiger partial charge in [-0.3, -0.25) is 19.2 Å². The summed E-state index contributed by atoms with van der Waals surface area (Å²) in [5.74, 6) is -8.46. The molecule has 15 atom stereocenters. The number of aliphatic hydroxyl groups is 3. The first kappa shape index (κ1) is 64.9. The number of allylic oxidation sites excluding steroid dienone is 6. The Morgan fingerprint density at radius 3 is 2.26 bits per heavy atom. The van der Waals surface area contributed by atoms with E-state index in [4.69, 9.17) is 29.4 Å². The van der Waals surface area contributed by atoms with Crippen molar-refractivity contribution in [1.82, 2.24) is 25.1 Å². The van der Waals surface area contributed by atoms with Crippen LogP contribution in [0.5, 0.6) is 0 Å². The fourth-order valence-electron chi connectivity index (χ4n) is 11.8. The monoisotopic (exact) mass is 1130 g/mol. The van der Waals surface area contributed by atoms with Gasteiger partial charge in [0.2, 0.25) is 11.7 Å². The normalized spacial score (nSPS) is 35.0. The maximum absolute atomic E-state index is 14.6. The van der Waals surface area contributed by atoms with E-state index in [-0.39, 0.29) is 56.2 Å². The zero-order valence-electron chi connectivity index (χ0n) is 49.1. The molecule has 21 heteroatoms. The second kappa shape index (κ2) is 30.3.